The smallest absolute Gasteiger partial charge is 0.350 e. The Hall–Kier alpha value is -3.02. The van der Waals surface area contributed by atoms with Crippen molar-refractivity contribution < 1.29 is 37.8 Å². The van der Waals surface area contributed by atoms with Crippen molar-refractivity contribution >= 4 is 73.2 Å². The topological polar surface area (TPSA) is 108 Å². The number of carbonyl (C=O) groups excluding carboxylic acids is 4. The normalized spacial score (nSPS) is 10.7. The van der Waals surface area contributed by atoms with Crippen molar-refractivity contribution in [3.05, 3.63) is 49.9 Å². The molecule has 12 heteroatoms. The number of thiophene rings is 2. The van der Waals surface area contributed by atoms with E-state index in [0.29, 0.717) is 10.1 Å². The molecule has 3 rings (SSSR count). The van der Waals surface area contributed by atoms with Crippen LogP contribution in [0.15, 0.2) is 18.2 Å². The van der Waals surface area contributed by atoms with Gasteiger partial charge in [-0.3, -0.25) is 4.79 Å². The van der Waals surface area contributed by atoms with Crippen molar-refractivity contribution in [2.45, 2.75) is 6.92 Å². The Morgan fingerprint density at radius 3 is 2.38 bits per heavy atom. The van der Waals surface area contributed by atoms with Gasteiger partial charge >= 0.3 is 17.9 Å². The van der Waals surface area contributed by atoms with Gasteiger partial charge in [-0.05, 0) is 30.7 Å². The Morgan fingerprint density at radius 2 is 1.72 bits per heavy atom. The number of hydrogen-bond donors (Lipinski definition) is 1. The third-order valence-electron chi connectivity index (χ3n) is 4.27. The Labute approximate surface area is 193 Å². The monoisotopic (exact) mass is 499 g/mol. The first-order chi connectivity index (χ1) is 15.2. The Kier molecular flexibility index (Phi) is 7.12. The summed E-state index contributed by atoms with van der Waals surface area (Å²) in [7, 11) is 2.34. The van der Waals surface area contributed by atoms with Gasteiger partial charge in [-0.1, -0.05) is 11.6 Å². The maximum absolute atomic E-state index is 13.4. The van der Waals surface area contributed by atoms with Gasteiger partial charge in [-0.15, -0.1) is 22.7 Å². The molecule has 2 aromatic heterocycles. The van der Waals surface area contributed by atoms with E-state index in [2.05, 4.69) is 10.1 Å². The van der Waals surface area contributed by atoms with Gasteiger partial charge in [0.25, 0.3) is 5.91 Å². The summed E-state index contributed by atoms with van der Waals surface area (Å²) in [6.07, 6.45) is 0. The van der Waals surface area contributed by atoms with Crippen molar-refractivity contribution in [2.24, 2.45) is 0 Å². The molecule has 1 amide bonds. The van der Waals surface area contributed by atoms with Gasteiger partial charge in [0.2, 0.25) is 0 Å². The van der Waals surface area contributed by atoms with Crippen LogP contribution in [0.2, 0.25) is 5.02 Å². The number of nitrogens with one attached hydrogen (secondary N) is 1. The maximum atomic E-state index is 13.4. The molecule has 1 N–H and O–H groups in total. The summed E-state index contributed by atoms with van der Waals surface area (Å²) in [5.41, 5.74) is 0.275. The van der Waals surface area contributed by atoms with E-state index < -0.39 is 36.2 Å². The number of amides is 1. The van der Waals surface area contributed by atoms with Crippen LogP contribution in [-0.4, -0.2) is 44.6 Å². The summed E-state index contributed by atoms with van der Waals surface area (Å²) in [6.45, 7) is 0.819. The Morgan fingerprint density at radius 1 is 1.03 bits per heavy atom. The summed E-state index contributed by atoms with van der Waals surface area (Å²) in [4.78, 5) is 48.9. The van der Waals surface area contributed by atoms with E-state index in [1.54, 1.807) is 0 Å². The number of esters is 3. The number of fused-ring (bicyclic) bond motifs is 1. The minimum absolute atomic E-state index is 0.00726. The minimum Gasteiger partial charge on any atom is -0.465 e. The fourth-order valence-corrected chi connectivity index (χ4v) is 5.32. The number of rotatable bonds is 6. The number of halogens is 2. The summed E-state index contributed by atoms with van der Waals surface area (Å²) < 4.78 is 28.3. The Balaban J connectivity index is 1.75. The first kappa shape index (κ1) is 23.6. The fourth-order valence-electron chi connectivity index (χ4n) is 2.77. The highest BCUT2D eigenvalue weighted by Gasteiger charge is 2.27. The van der Waals surface area contributed by atoms with Crippen LogP contribution in [0.3, 0.4) is 0 Å². The number of hydrogen-bond acceptors (Lipinski definition) is 9. The molecule has 2 heterocycles. The van der Waals surface area contributed by atoms with Gasteiger partial charge in [-0.25, -0.2) is 18.8 Å². The molecule has 0 aliphatic heterocycles. The molecule has 0 aliphatic carbocycles. The van der Waals surface area contributed by atoms with E-state index in [0.717, 1.165) is 29.8 Å². The lowest BCUT2D eigenvalue weighted by Gasteiger charge is -2.07. The number of benzene rings is 1. The van der Waals surface area contributed by atoms with E-state index in [1.165, 1.54) is 32.2 Å². The molecule has 1 aromatic carbocycles. The highest BCUT2D eigenvalue weighted by Crippen LogP contribution is 2.36. The van der Waals surface area contributed by atoms with Gasteiger partial charge in [-0.2, -0.15) is 0 Å². The highest BCUT2D eigenvalue weighted by molar-refractivity contribution is 7.21. The molecule has 0 fully saturated rings. The van der Waals surface area contributed by atoms with Gasteiger partial charge < -0.3 is 19.5 Å². The summed E-state index contributed by atoms with van der Waals surface area (Å²) in [5, 5.41) is 3.07. The largest absolute Gasteiger partial charge is 0.465 e. The number of methoxy groups -OCH3 is 2. The second-order valence-corrected chi connectivity index (χ2v) is 8.70. The average Bonchev–Trinajstić information content (AvgIpc) is 3.27. The van der Waals surface area contributed by atoms with Crippen LogP contribution in [-0.2, 0) is 19.0 Å². The summed E-state index contributed by atoms with van der Waals surface area (Å²) >= 11 is 7.94. The van der Waals surface area contributed by atoms with Crippen molar-refractivity contribution in [1.29, 1.82) is 0 Å². The van der Waals surface area contributed by atoms with Gasteiger partial charge in [0.15, 0.2) is 6.61 Å². The lowest BCUT2D eigenvalue weighted by atomic mass is 10.1. The quantitative estimate of drug-likeness (QED) is 0.394. The molecule has 0 spiro atoms. The van der Waals surface area contributed by atoms with Crippen LogP contribution in [0.5, 0.6) is 0 Å². The molecule has 0 unspecified atom stereocenters. The molecule has 8 nitrogen and oxygen atoms in total. The average molecular weight is 500 g/mol. The van der Waals surface area contributed by atoms with E-state index in [-0.39, 0.29) is 30.9 Å². The second kappa shape index (κ2) is 9.63. The third kappa shape index (κ3) is 4.59. The molecule has 0 saturated carbocycles. The van der Waals surface area contributed by atoms with Crippen LogP contribution in [0.25, 0.3) is 10.1 Å². The molecular formula is C20H15ClFNO7S2. The summed E-state index contributed by atoms with van der Waals surface area (Å²) in [5.74, 6) is -3.54. The second-order valence-electron chi connectivity index (χ2n) is 6.25. The van der Waals surface area contributed by atoms with Crippen molar-refractivity contribution in [3.63, 3.8) is 0 Å². The molecule has 168 valence electrons. The third-order valence-corrected chi connectivity index (χ3v) is 7.10. The molecule has 0 atom stereocenters. The standard InChI is InChI=1S/C20H15ClFNO7S2/c1-8-13(18(25)28-2)17(32-15(8)19(26)29-3)23-12(24)7-30-20(27)16-14(21)10-5-4-9(22)6-11(10)31-16/h4-6H,7H2,1-3H3,(H,23,24). The minimum atomic E-state index is -0.863. The predicted molar refractivity (Wildman–Crippen MR) is 117 cm³/mol. The zero-order chi connectivity index (χ0) is 23.6. The van der Waals surface area contributed by atoms with Gasteiger partial charge in [0.05, 0.1) is 24.8 Å². The molecule has 0 bridgehead atoms. The predicted octanol–water partition coefficient (Wildman–Crippen LogP) is 4.43. The van der Waals surface area contributed by atoms with Gasteiger partial charge in [0, 0.05) is 10.1 Å². The van der Waals surface area contributed by atoms with Crippen LogP contribution >= 0.6 is 34.3 Å². The molecule has 0 aliphatic rings. The number of ether oxygens (including phenoxy) is 3. The van der Waals surface area contributed by atoms with Crippen molar-refractivity contribution in [1.82, 2.24) is 0 Å². The van der Waals surface area contributed by atoms with Crippen LogP contribution in [0, 0.1) is 12.7 Å². The molecular weight excluding hydrogens is 485 g/mol. The van der Waals surface area contributed by atoms with Crippen LogP contribution < -0.4 is 5.32 Å². The molecule has 0 radical (unpaired) electrons. The van der Waals surface area contributed by atoms with E-state index in [1.807, 2.05) is 0 Å². The first-order valence-corrected chi connectivity index (χ1v) is 10.8. The molecule has 3 aromatic rings. The van der Waals surface area contributed by atoms with Crippen molar-refractivity contribution in [3.8, 4) is 0 Å². The molecule has 32 heavy (non-hydrogen) atoms. The molecule has 0 saturated heterocycles. The maximum Gasteiger partial charge on any atom is 0.350 e. The lowest BCUT2D eigenvalue weighted by Crippen LogP contribution is -2.21. The zero-order valence-electron chi connectivity index (χ0n) is 16.9. The van der Waals surface area contributed by atoms with Crippen LogP contribution in [0.4, 0.5) is 9.39 Å². The fraction of sp³-hybridized carbons (Fsp3) is 0.200. The van der Waals surface area contributed by atoms with Gasteiger partial charge in [0.1, 0.15) is 20.6 Å². The highest BCUT2D eigenvalue weighted by atomic mass is 35.5. The SMILES string of the molecule is COC(=O)c1sc(NC(=O)COC(=O)c2sc3cc(F)ccc3c2Cl)c(C(=O)OC)c1C. The summed E-state index contributed by atoms with van der Waals surface area (Å²) in [6, 6.07) is 3.90. The number of carbonyl (C=O) groups is 4. The number of anilines is 1. The first-order valence-electron chi connectivity index (χ1n) is 8.82. The Bertz CT molecular complexity index is 1250. The lowest BCUT2D eigenvalue weighted by molar-refractivity contribution is -0.119. The van der Waals surface area contributed by atoms with Crippen LogP contribution in [0.1, 0.15) is 35.3 Å². The van der Waals surface area contributed by atoms with Crippen molar-refractivity contribution in [2.75, 3.05) is 26.1 Å². The zero-order valence-corrected chi connectivity index (χ0v) is 19.3. The van der Waals surface area contributed by atoms with E-state index >= 15 is 0 Å². The van der Waals surface area contributed by atoms with E-state index in [9.17, 15) is 23.6 Å². The van der Waals surface area contributed by atoms with E-state index in [4.69, 9.17) is 21.1 Å².